The van der Waals surface area contributed by atoms with E-state index in [1.807, 2.05) is 0 Å². The lowest BCUT2D eigenvalue weighted by Gasteiger charge is -2.12. The van der Waals surface area contributed by atoms with Gasteiger partial charge in [0.25, 0.3) is 0 Å². The number of aliphatic hydroxyl groups excluding tert-OH is 1. The van der Waals surface area contributed by atoms with Gasteiger partial charge in [-0.1, -0.05) is 11.3 Å². The molecule has 0 radical (unpaired) electrons. The minimum atomic E-state index is -4.63. The Bertz CT molecular complexity index is 465. The van der Waals surface area contributed by atoms with Crippen LogP contribution in [0, 0.1) is 0 Å². The van der Waals surface area contributed by atoms with Crippen molar-refractivity contribution in [3.63, 3.8) is 0 Å². The average Bonchev–Trinajstić information content (AvgIpc) is 2.58. The van der Waals surface area contributed by atoms with Gasteiger partial charge < -0.3 is 5.11 Å². The predicted octanol–water partition coefficient (Wildman–Crippen LogP) is 1.55. The summed E-state index contributed by atoms with van der Waals surface area (Å²) in [6.07, 6.45) is -4.74. The summed E-state index contributed by atoms with van der Waals surface area (Å²) in [7, 11) is 0. The molecule has 0 fully saturated rings. The van der Waals surface area contributed by atoms with Crippen LogP contribution in [0.3, 0.4) is 0 Å². The lowest BCUT2D eigenvalue weighted by Crippen LogP contribution is -2.30. The predicted molar refractivity (Wildman–Crippen MR) is 51.0 cm³/mol. The van der Waals surface area contributed by atoms with Crippen LogP contribution in [0.15, 0.2) is 12.4 Å². The number of thiazole rings is 1. The first-order chi connectivity index (χ1) is 7.47. The number of hydrogen-bond acceptors (Lipinski definition) is 5. The maximum Gasteiger partial charge on any atom is 0.414 e. The molecule has 0 spiro atoms. The monoisotopic (exact) mass is 249 g/mol. The Balaban J connectivity index is 2.22. The number of halogens is 3. The van der Waals surface area contributed by atoms with Gasteiger partial charge in [-0.15, -0.1) is 0 Å². The molecule has 0 bridgehead atoms. The number of alkyl halides is 3. The second kappa shape index (κ2) is 3.95. The van der Waals surface area contributed by atoms with Crippen molar-refractivity contribution in [3.05, 3.63) is 17.4 Å². The summed E-state index contributed by atoms with van der Waals surface area (Å²) in [6, 6.07) is 0. The molecule has 0 aliphatic rings. The minimum Gasteiger partial charge on any atom is -0.383 e. The molecule has 0 aromatic carbocycles. The summed E-state index contributed by atoms with van der Waals surface area (Å²) in [5, 5.41) is 9.04. The molecule has 1 N–H and O–H groups in total. The molecule has 8 heteroatoms. The van der Waals surface area contributed by atoms with Crippen molar-refractivity contribution in [2.24, 2.45) is 0 Å². The zero-order chi connectivity index (χ0) is 11.8. The minimum absolute atomic E-state index is 0.172. The zero-order valence-electron chi connectivity index (χ0n) is 7.77. The largest absolute Gasteiger partial charge is 0.414 e. The smallest absolute Gasteiger partial charge is 0.383 e. The van der Waals surface area contributed by atoms with Crippen molar-refractivity contribution in [1.82, 2.24) is 15.0 Å². The maximum atomic E-state index is 12.1. The van der Waals surface area contributed by atoms with Crippen LogP contribution in [0.5, 0.6) is 0 Å². The third-order valence-corrected chi connectivity index (χ3v) is 2.81. The Labute approximate surface area is 91.8 Å². The average molecular weight is 249 g/mol. The number of rotatable bonds is 2. The van der Waals surface area contributed by atoms with Gasteiger partial charge in [0.2, 0.25) is 0 Å². The van der Waals surface area contributed by atoms with Crippen molar-refractivity contribution in [2.45, 2.75) is 18.7 Å². The molecule has 2 heterocycles. The van der Waals surface area contributed by atoms with Gasteiger partial charge in [0.05, 0.1) is 0 Å². The molecular weight excluding hydrogens is 243 g/mol. The van der Waals surface area contributed by atoms with E-state index in [1.165, 1.54) is 12.4 Å². The second-order valence-electron chi connectivity index (χ2n) is 3.05. The van der Waals surface area contributed by atoms with E-state index < -0.39 is 18.7 Å². The Kier molecular flexibility index (Phi) is 2.76. The molecule has 4 nitrogen and oxygen atoms in total. The van der Waals surface area contributed by atoms with Crippen LogP contribution in [-0.2, 0) is 6.42 Å². The zero-order valence-corrected chi connectivity index (χ0v) is 8.59. The SMILES string of the molecule is OC(Cc1nc2nccnc2s1)C(F)(F)F. The Morgan fingerprint density at radius 3 is 2.62 bits per heavy atom. The summed E-state index contributed by atoms with van der Waals surface area (Å²) in [4.78, 5) is 12.1. The highest BCUT2D eigenvalue weighted by Gasteiger charge is 2.38. The number of aromatic nitrogens is 3. The Hall–Kier alpha value is -1.28. The molecule has 2 aromatic heterocycles. The quantitative estimate of drug-likeness (QED) is 0.877. The van der Waals surface area contributed by atoms with E-state index in [4.69, 9.17) is 5.11 Å². The van der Waals surface area contributed by atoms with Gasteiger partial charge in [-0.25, -0.2) is 15.0 Å². The second-order valence-corrected chi connectivity index (χ2v) is 4.12. The van der Waals surface area contributed by atoms with Crippen LogP contribution in [0.1, 0.15) is 5.01 Å². The Morgan fingerprint density at radius 2 is 2.00 bits per heavy atom. The van der Waals surface area contributed by atoms with Crippen molar-refractivity contribution in [1.29, 1.82) is 0 Å². The molecule has 2 rings (SSSR count). The van der Waals surface area contributed by atoms with E-state index in [2.05, 4.69) is 15.0 Å². The highest BCUT2D eigenvalue weighted by atomic mass is 32.1. The van der Waals surface area contributed by atoms with Crippen LogP contribution in [0.4, 0.5) is 13.2 Å². The number of aliphatic hydroxyl groups is 1. The molecule has 2 aromatic rings. The summed E-state index contributed by atoms with van der Waals surface area (Å²) in [6.45, 7) is 0. The van der Waals surface area contributed by atoms with E-state index in [0.29, 0.717) is 10.5 Å². The van der Waals surface area contributed by atoms with Gasteiger partial charge >= 0.3 is 6.18 Å². The van der Waals surface area contributed by atoms with Crippen LogP contribution >= 0.6 is 11.3 Å². The van der Waals surface area contributed by atoms with Crippen molar-refractivity contribution >= 4 is 21.8 Å². The fourth-order valence-electron chi connectivity index (χ4n) is 1.09. The van der Waals surface area contributed by atoms with Gasteiger partial charge in [0.1, 0.15) is 5.01 Å². The first-order valence-electron chi connectivity index (χ1n) is 4.28. The third-order valence-electron chi connectivity index (χ3n) is 1.84. The molecular formula is C8H6F3N3OS. The molecule has 86 valence electrons. The normalized spacial score (nSPS) is 14.2. The van der Waals surface area contributed by atoms with Crippen molar-refractivity contribution in [2.75, 3.05) is 0 Å². The van der Waals surface area contributed by atoms with Crippen molar-refractivity contribution < 1.29 is 18.3 Å². The van der Waals surface area contributed by atoms with Gasteiger partial charge in [-0.05, 0) is 0 Å². The molecule has 1 unspecified atom stereocenters. The van der Waals surface area contributed by atoms with Gasteiger partial charge in [-0.2, -0.15) is 13.2 Å². The topological polar surface area (TPSA) is 58.9 Å². The van der Waals surface area contributed by atoms with Gasteiger partial charge in [-0.3, -0.25) is 0 Å². The molecule has 0 aliphatic heterocycles. The van der Waals surface area contributed by atoms with Gasteiger partial charge in [0, 0.05) is 18.8 Å². The van der Waals surface area contributed by atoms with Crippen LogP contribution in [0.25, 0.3) is 10.5 Å². The molecule has 1 atom stereocenters. The Morgan fingerprint density at radius 1 is 1.31 bits per heavy atom. The fourth-order valence-corrected chi connectivity index (χ4v) is 1.99. The molecule has 0 saturated heterocycles. The number of nitrogens with zero attached hydrogens (tertiary/aromatic N) is 3. The highest BCUT2D eigenvalue weighted by Crippen LogP contribution is 2.25. The van der Waals surface area contributed by atoms with Gasteiger partial charge in [0.15, 0.2) is 16.6 Å². The van der Waals surface area contributed by atoms with E-state index in [9.17, 15) is 13.2 Å². The first kappa shape index (κ1) is 11.2. The van der Waals surface area contributed by atoms with E-state index in [1.54, 1.807) is 0 Å². The van der Waals surface area contributed by atoms with Crippen LogP contribution in [0.2, 0.25) is 0 Å². The van der Waals surface area contributed by atoms with Crippen LogP contribution < -0.4 is 0 Å². The molecule has 16 heavy (non-hydrogen) atoms. The third kappa shape index (κ3) is 2.27. The van der Waals surface area contributed by atoms with Crippen molar-refractivity contribution in [3.8, 4) is 0 Å². The standard InChI is InChI=1S/C8H6F3N3OS/c9-8(10,11)4(15)3-5-14-6-7(16-5)13-2-1-12-6/h1-2,4,15H,3H2. The number of fused-ring (bicyclic) bond motifs is 1. The van der Waals surface area contributed by atoms with E-state index >= 15 is 0 Å². The fraction of sp³-hybridized carbons (Fsp3) is 0.375. The summed E-state index contributed by atoms with van der Waals surface area (Å²) in [5.74, 6) is 0. The molecule has 0 saturated carbocycles. The molecule has 0 amide bonds. The lowest BCUT2D eigenvalue weighted by molar-refractivity contribution is -0.203. The summed E-state index contributed by atoms with van der Waals surface area (Å²) < 4.78 is 36.3. The summed E-state index contributed by atoms with van der Waals surface area (Å²) in [5.41, 5.74) is 0.303. The maximum absolute atomic E-state index is 12.1. The highest BCUT2D eigenvalue weighted by molar-refractivity contribution is 7.18. The van der Waals surface area contributed by atoms with E-state index in [0.717, 1.165) is 11.3 Å². The number of hydrogen-bond donors (Lipinski definition) is 1. The van der Waals surface area contributed by atoms with E-state index in [-0.39, 0.29) is 5.01 Å². The molecule has 0 aliphatic carbocycles. The first-order valence-corrected chi connectivity index (χ1v) is 5.09. The van der Waals surface area contributed by atoms with Crippen LogP contribution in [-0.4, -0.2) is 32.3 Å². The lowest BCUT2D eigenvalue weighted by atomic mass is 10.2. The summed E-state index contributed by atoms with van der Waals surface area (Å²) >= 11 is 0.997.